The first-order chi connectivity index (χ1) is 10.8. The van der Waals surface area contributed by atoms with Gasteiger partial charge in [-0.15, -0.1) is 0 Å². The van der Waals surface area contributed by atoms with Gasteiger partial charge in [0, 0.05) is 0 Å². The largest absolute Gasteiger partial charge is 1.00 e. The molecule has 0 aromatic heterocycles. The van der Waals surface area contributed by atoms with E-state index >= 15 is 0 Å². The molecule has 0 bridgehead atoms. The maximum absolute atomic E-state index is 12.4. The predicted molar refractivity (Wildman–Crippen MR) is 94.6 cm³/mol. The second-order valence-electron chi connectivity index (χ2n) is 7.79. The minimum absolute atomic E-state index is 0. The molecule has 1 aromatic rings. The molecule has 0 spiro atoms. The quantitative estimate of drug-likeness (QED) is 0.388. The molecule has 1 fully saturated rings. The van der Waals surface area contributed by atoms with E-state index in [1.54, 1.807) is 0 Å². The summed E-state index contributed by atoms with van der Waals surface area (Å²) >= 11 is 0. The van der Waals surface area contributed by atoms with Crippen LogP contribution in [0.4, 0.5) is 0 Å². The Hall–Kier alpha value is -0.620. The predicted octanol–water partition coefficient (Wildman–Crippen LogP) is 1.26. The Balaban J connectivity index is 0.00000288. The molecule has 0 saturated heterocycles. The van der Waals surface area contributed by atoms with Crippen molar-refractivity contribution in [2.24, 2.45) is 0 Å². The fourth-order valence-corrected chi connectivity index (χ4v) is 3.92. The van der Waals surface area contributed by atoms with Crippen LogP contribution in [0.5, 0.6) is 0 Å². The minimum atomic E-state index is -0.196. The monoisotopic (exact) mass is 445 g/mol. The summed E-state index contributed by atoms with van der Waals surface area (Å²) in [7, 11) is 4.55. The summed E-state index contributed by atoms with van der Waals surface area (Å²) in [5.74, 6) is -0.196. The van der Waals surface area contributed by atoms with E-state index in [2.05, 4.69) is 14.1 Å². The zero-order chi connectivity index (χ0) is 17.0. The molecule has 0 amide bonds. The van der Waals surface area contributed by atoms with Crippen molar-refractivity contribution in [1.82, 2.24) is 0 Å². The van der Waals surface area contributed by atoms with Crippen molar-refractivity contribution < 1.29 is 38.0 Å². The summed E-state index contributed by atoms with van der Waals surface area (Å²) in [5.41, 5.74) is 2.84. The molecule has 1 atom stereocenters. The van der Waals surface area contributed by atoms with Crippen LogP contribution in [0.3, 0.4) is 0 Å². The van der Waals surface area contributed by atoms with Gasteiger partial charge in [0.25, 0.3) is 0 Å². The summed E-state index contributed by atoms with van der Waals surface area (Å²) in [4.78, 5) is 12.4. The molecule has 1 saturated carbocycles. The highest BCUT2D eigenvalue weighted by Gasteiger charge is 2.32. The van der Waals surface area contributed by atoms with Crippen LogP contribution in [0.25, 0.3) is 0 Å². The summed E-state index contributed by atoms with van der Waals surface area (Å²) in [6.45, 7) is 6.90. The van der Waals surface area contributed by atoms with Gasteiger partial charge < -0.3 is 33.2 Å². The number of likely N-dealkylation sites (N-methyl/N-ethyl adjacent to an activating group) is 1. The highest BCUT2D eigenvalue weighted by molar-refractivity contribution is 5.91. The summed E-state index contributed by atoms with van der Waals surface area (Å²) in [6.07, 6.45) is 6.56. The zero-order valence-electron chi connectivity index (χ0n) is 15.8. The molecular formula is C20H32INO2. The molecule has 1 aliphatic carbocycles. The highest BCUT2D eigenvalue weighted by Crippen LogP contribution is 2.26. The Morgan fingerprint density at radius 2 is 1.83 bits per heavy atom. The number of nitrogens with zero attached hydrogens (tertiary/aromatic N) is 1. The first-order valence-electron chi connectivity index (χ1n) is 8.90. The van der Waals surface area contributed by atoms with Crippen molar-refractivity contribution in [2.75, 3.05) is 20.6 Å². The number of ether oxygens (including phenoxy) is 1. The number of halogens is 1. The van der Waals surface area contributed by atoms with E-state index in [0.717, 1.165) is 16.6 Å². The van der Waals surface area contributed by atoms with Gasteiger partial charge in [-0.2, -0.15) is 0 Å². The van der Waals surface area contributed by atoms with Crippen LogP contribution in [0.2, 0.25) is 0 Å². The zero-order valence-corrected chi connectivity index (χ0v) is 17.9. The van der Waals surface area contributed by atoms with Gasteiger partial charge in [-0.3, -0.25) is 0 Å². The molecule has 0 heterocycles. The molecule has 1 aliphatic rings. The van der Waals surface area contributed by atoms with E-state index < -0.39 is 0 Å². The normalized spacial score (nSPS) is 17.0. The molecule has 2 rings (SSSR count). The third kappa shape index (κ3) is 5.73. The molecule has 1 aromatic carbocycles. The van der Waals surface area contributed by atoms with Crippen LogP contribution in [-0.4, -0.2) is 43.2 Å². The van der Waals surface area contributed by atoms with Gasteiger partial charge in [0.15, 0.2) is 0 Å². The van der Waals surface area contributed by atoms with E-state index in [4.69, 9.17) is 4.74 Å². The molecular weight excluding hydrogens is 413 g/mol. The first kappa shape index (κ1) is 21.4. The number of hydrogen-bond donors (Lipinski definition) is 0. The van der Waals surface area contributed by atoms with E-state index in [0.29, 0.717) is 11.6 Å². The fraction of sp³-hybridized carbons (Fsp3) is 0.650. The molecule has 3 nitrogen and oxygen atoms in total. The second kappa shape index (κ2) is 9.18. The second-order valence-corrected chi connectivity index (χ2v) is 7.79. The molecule has 1 unspecified atom stereocenters. The standard InChI is InChI=1S/C20H32NO2.HI/c1-15-11-12-19(16(2)13-15)20(22)23-17(3)14-21(4,5)18-9-7-6-8-10-18;/h11-13,17-18H,6-10,14H2,1-5H3;1H/q+1;/p-1. The highest BCUT2D eigenvalue weighted by atomic mass is 127. The molecule has 4 heteroatoms. The number of esters is 1. The van der Waals surface area contributed by atoms with Crippen LogP contribution in [0.1, 0.15) is 60.5 Å². The molecule has 136 valence electrons. The van der Waals surface area contributed by atoms with Gasteiger partial charge in [0.2, 0.25) is 0 Å². The van der Waals surface area contributed by atoms with Crippen molar-refractivity contribution in [3.63, 3.8) is 0 Å². The Bertz CT molecular complexity index is 551. The smallest absolute Gasteiger partial charge is 0.338 e. The number of benzene rings is 1. The van der Waals surface area contributed by atoms with Crippen LogP contribution in [-0.2, 0) is 4.74 Å². The average Bonchev–Trinajstić information content (AvgIpc) is 2.47. The van der Waals surface area contributed by atoms with Crippen molar-refractivity contribution in [3.8, 4) is 0 Å². The van der Waals surface area contributed by atoms with Crippen LogP contribution < -0.4 is 24.0 Å². The molecule has 0 aliphatic heterocycles. The summed E-state index contributed by atoms with van der Waals surface area (Å²) in [6, 6.07) is 6.58. The van der Waals surface area contributed by atoms with Crippen molar-refractivity contribution in [1.29, 1.82) is 0 Å². The SMILES string of the molecule is Cc1ccc(C(=O)OC(C)C[N+](C)(C)C2CCCCC2)c(C)c1.[I-]. The first-order valence-corrected chi connectivity index (χ1v) is 8.90. The molecule has 0 N–H and O–H groups in total. The Labute approximate surface area is 164 Å². The van der Waals surface area contributed by atoms with Crippen molar-refractivity contribution in [3.05, 3.63) is 34.9 Å². The molecule has 24 heavy (non-hydrogen) atoms. The number of rotatable bonds is 5. The Morgan fingerprint density at radius 3 is 2.42 bits per heavy atom. The topological polar surface area (TPSA) is 26.3 Å². The van der Waals surface area contributed by atoms with Gasteiger partial charge >= 0.3 is 5.97 Å². The van der Waals surface area contributed by atoms with Gasteiger partial charge in [-0.05, 0) is 58.1 Å². The number of carbonyl (C=O) groups is 1. The summed E-state index contributed by atoms with van der Waals surface area (Å²) in [5, 5.41) is 0. The number of aryl methyl sites for hydroxylation is 2. The van der Waals surface area contributed by atoms with Gasteiger partial charge in [0.05, 0.1) is 25.7 Å². The fourth-order valence-electron chi connectivity index (χ4n) is 3.92. The lowest BCUT2D eigenvalue weighted by Crippen LogP contribution is -3.00. The summed E-state index contributed by atoms with van der Waals surface area (Å²) < 4.78 is 6.67. The van der Waals surface area contributed by atoms with Crippen molar-refractivity contribution in [2.45, 2.75) is 65.0 Å². The maximum Gasteiger partial charge on any atom is 0.338 e. The van der Waals surface area contributed by atoms with E-state index in [1.807, 2.05) is 39.0 Å². The Morgan fingerprint density at radius 1 is 1.21 bits per heavy atom. The van der Waals surface area contributed by atoms with E-state index in [1.165, 1.54) is 37.7 Å². The van der Waals surface area contributed by atoms with E-state index in [-0.39, 0.29) is 36.0 Å². The Kier molecular flexibility index (Phi) is 8.20. The molecule has 0 radical (unpaired) electrons. The number of carbonyl (C=O) groups excluding carboxylic acids is 1. The van der Waals surface area contributed by atoms with Crippen LogP contribution >= 0.6 is 0 Å². The lowest BCUT2D eigenvalue weighted by atomic mass is 9.93. The maximum atomic E-state index is 12.4. The third-order valence-corrected chi connectivity index (χ3v) is 5.20. The van der Waals surface area contributed by atoms with Gasteiger partial charge in [-0.25, -0.2) is 4.79 Å². The average molecular weight is 445 g/mol. The lowest BCUT2D eigenvalue weighted by molar-refractivity contribution is -0.918. The third-order valence-electron chi connectivity index (χ3n) is 5.20. The van der Waals surface area contributed by atoms with Crippen LogP contribution in [0.15, 0.2) is 18.2 Å². The van der Waals surface area contributed by atoms with Gasteiger partial charge in [0.1, 0.15) is 12.6 Å². The number of quaternary nitrogens is 1. The van der Waals surface area contributed by atoms with E-state index in [9.17, 15) is 4.79 Å². The number of hydrogen-bond acceptors (Lipinski definition) is 2. The lowest BCUT2D eigenvalue weighted by Gasteiger charge is -2.41. The van der Waals surface area contributed by atoms with Crippen LogP contribution in [0, 0.1) is 13.8 Å². The van der Waals surface area contributed by atoms with Crippen molar-refractivity contribution >= 4 is 5.97 Å². The van der Waals surface area contributed by atoms with Gasteiger partial charge in [-0.1, -0.05) is 24.1 Å². The minimum Gasteiger partial charge on any atom is -1.00 e.